The quantitative estimate of drug-likeness (QED) is 0.674. The van der Waals surface area contributed by atoms with E-state index < -0.39 is 9.84 Å². The molecule has 3 aromatic rings. The summed E-state index contributed by atoms with van der Waals surface area (Å²) in [5.74, 6) is -0.485. The first-order valence-corrected chi connectivity index (χ1v) is 10.2. The van der Waals surface area contributed by atoms with E-state index in [1.165, 1.54) is 36.7 Å². The number of nitrogens with zero attached hydrogens (tertiary/aromatic N) is 1. The van der Waals surface area contributed by atoms with Crippen LogP contribution in [-0.4, -0.2) is 25.0 Å². The van der Waals surface area contributed by atoms with Crippen molar-refractivity contribution in [3.63, 3.8) is 0 Å². The van der Waals surface area contributed by atoms with Gasteiger partial charge in [-0.25, -0.2) is 8.42 Å². The fraction of sp³-hybridized carbons (Fsp3) is 0.0455. The van der Waals surface area contributed by atoms with Crippen molar-refractivity contribution in [2.75, 3.05) is 0 Å². The van der Waals surface area contributed by atoms with Crippen LogP contribution in [-0.2, 0) is 16.3 Å². The number of hydrogen-bond donors (Lipinski definition) is 0. The van der Waals surface area contributed by atoms with Gasteiger partial charge in [-0.1, -0.05) is 24.3 Å². The maximum absolute atomic E-state index is 13.0. The normalized spacial score (nSPS) is 15.3. The molecule has 0 fully saturated rings. The number of rotatable bonds is 2. The highest BCUT2D eigenvalue weighted by molar-refractivity contribution is 7.91. The third kappa shape index (κ3) is 2.25. The number of sulfone groups is 1. The average molecular weight is 387 g/mol. The Bertz CT molecular complexity index is 1320. The molecule has 0 atom stereocenters. The zero-order chi connectivity index (χ0) is 19.5. The number of hydrogen-bond acceptors (Lipinski definition) is 5. The van der Waals surface area contributed by atoms with Crippen LogP contribution >= 0.6 is 0 Å². The molecule has 6 heteroatoms. The second-order valence-electron chi connectivity index (χ2n) is 6.75. The van der Waals surface area contributed by atoms with Crippen LogP contribution in [0, 0.1) is 0 Å². The SMILES string of the molecule is O=C1C2=C(C(=O)c3cnccc31)c1cc(S(=O)(=O)c3ccccc3)ccc1C2. The number of pyridine rings is 1. The molecule has 0 unspecified atom stereocenters. The summed E-state index contributed by atoms with van der Waals surface area (Å²) < 4.78 is 25.9. The summed E-state index contributed by atoms with van der Waals surface area (Å²) in [7, 11) is -3.72. The van der Waals surface area contributed by atoms with Crippen LogP contribution in [0.25, 0.3) is 5.57 Å². The number of benzene rings is 2. The average Bonchev–Trinajstić information content (AvgIpc) is 3.12. The number of allylic oxidation sites excluding steroid dienone is 2. The van der Waals surface area contributed by atoms with Crippen molar-refractivity contribution in [1.29, 1.82) is 0 Å². The summed E-state index contributed by atoms with van der Waals surface area (Å²) in [5.41, 5.74) is 2.62. The molecule has 0 amide bonds. The molecule has 0 saturated heterocycles. The van der Waals surface area contributed by atoms with E-state index in [0.29, 0.717) is 28.7 Å². The van der Waals surface area contributed by atoms with Crippen molar-refractivity contribution < 1.29 is 18.0 Å². The number of fused-ring (bicyclic) bond motifs is 3. The van der Waals surface area contributed by atoms with Crippen LogP contribution in [0.2, 0.25) is 0 Å². The molecule has 0 bridgehead atoms. The third-order valence-electron chi connectivity index (χ3n) is 5.19. The second kappa shape index (κ2) is 5.81. The Kier molecular flexibility index (Phi) is 3.48. The van der Waals surface area contributed by atoms with Crippen molar-refractivity contribution in [3.05, 3.63) is 94.8 Å². The number of ketones is 2. The highest BCUT2D eigenvalue weighted by Gasteiger charge is 2.38. The molecular weight excluding hydrogens is 374 g/mol. The molecule has 0 N–H and O–H groups in total. The van der Waals surface area contributed by atoms with E-state index in [-0.39, 0.29) is 26.9 Å². The van der Waals surface area contributed by atoms with Gasteiger partial charge in [-0.2, -0.15) is 0 Å². The first-order valence-electron chi connectivity index (χ1n) is 8.68. The van der Waals surface area contributed by atoms with E-state index in [9.17, 15) is 18.0 Å². The molecule has 2 aliphatic rings. The topological polar surface area (TPSA) is 81.2 Å². The van der Waals surface area contributed by atoms with Gasteiger partial charge in [0.15, 0.2) is 11.6 Å². The lowest BCUT2D eigenvalue weighted by Crippen LogP contribution is -2.19. The van der Waals surface area contributed by atoms with Gasteiger partial charge in [-0.05, 0) is 41.5 Å². The zero-order valence-electron chi connectivity index (χ0n) is 14.5. The number of carbonyl (C=O) groups is 2. The highest BCUT2D eigenvalue weighted by atomic mass is 32.2. The molecular formula is C22H13NO4S. The molecule has 0 radical (unpaired) electrons. The largest absolute Gasteiger partial charge is 0.289 e. The summed E-state index contributed by atoms with van der Waals surface area (Å²) in [6, 6.07) is 14.4. The molecule has 5 rings (SSSR count). The molecule has 28 heavy (non-hydrogen) atoms. The zero-order valence-corrected chi connectivity index (χ0v) is 15.4. The van der Waals surface area contributed by atoms with E-state index in [2.05, 4.69) is 4.98 Å². The number of carbonyl (C=O) groups excluding carboxylic acids is 2. The van der Waals surface area contributed by atoms with E-state index in [1.54, 1.807) is 30.3 Å². The fourth-order valence-electron chi connectivity index (χ4n) is 3.81. The van der Waals surface area contributed by atoms with Crippen molar-refractivity contribution in [1.82, 2.24) is 4.98 Å². The summed E-state index contributed by atoms with van der Waals surface area (Å²) in [6.45, 7) is 0. The molecule has 1 aromatic heterocycles. The van der Waals surface area contributed by atoms with Crippen LogP contribution < -0.4 is 0 Å². The summed E-state index contributed by atoms with van der Waals surface area (Å²) in [4.78, 5) is 30.1. The van der Waals surface area contributed by atoms with Gasteiger partial charge in [0.2, 0.25) is 9.84 Å². The Balaban J connectivity index is 1.68. The highest BCUT2D eigenvalue weighted by Crippen LogP contribution is 2.41. The van der Waals surface area contributed by atoms with Crippen LogP contribution in [0.4, 0.5) is 0 Å². The predicted molar refractivity (Wildman–Crippen MR) is 102 cm³/mol. The molecule has 2 aliphatic carbocycles. The minimum atomic E-state index is -3.72. The Morgan fingerprint density at radius 2 is 1.57 bits per heavy atom. The van der Waals surface area contributed by atoms with Crippen molar-refractivity contribution in [2.24, 2.45) is 0 Å². The molecule has 0 saturated carbocycles. The molecule has 136 valence electrons. The molecule has 2 aromatic carbocycles. The number of Topliss-reactive ketones (excluding diaryl/α,β-unsaturated/α-hetero) is 2. The summed E-state index contributed by atoms with van der Waals surface area (Å²) in [5, 5.41) is 0. The van der Waals surface area contributed by atoms with Crippen molar-refractivity contribution in [2.45, 2.75) is 16.2 Å². The standard InChI is InChI=1S/C22H13NO4S/c24-21-16-8-9-23-12-19(16)22(25)20-17-11-15(7-6-13(17)10-18(20)21)28(26,27)14-4-2-1-3-5-14/h1-9,11-12H,10H2. The van der Waals surface area contributed by atoms with Crippen LogP contribution in [0.3, 0.4) is 0 Å². The van der Waals surface area contributed by atoms with E-state index in [0.717, 1.165) is 5.56 Å². The smallest absolute Gasteiger partial charge is 0.206 e. The summed E-state index contributed by atoms with van der Waals surface area (Å²) >= 11 is 0. The van der Waals surface area contributed by atoms with Gasteiger partial charge in [0.05, 0.1) is 15.4 Å². The van der Waals surface area contributed by atoms with Gasteiger partial charge < -0.3 is 0 Å². The third-order valence-corrected chi connectivity index (χ3v) is 6.96. The maximum Gasteiger partial charge on any atom is 0.206 e. The van der Waals surface area contributed by atoms with Gasteiger partial charge >= 0.3 is 0 Å². The van der Waals surface area contributed by atoms with E-state index in [4.69, 9.17) is 0 Å². The fourth-order valence-corrected chi connectivity index (χ4v) is 5.12. The van der Waals surface area contributed by atoms with Gasteiger partial charge in [0, 0.05) is 35.5 Å². The lowest BCUT2D eigenvalue weighted by Gasteiger charge is -2.16. The van der Waals surface area contributed by atoms with E-state index in [1.807, 2.05) is 0 Å². The lowest BCUT2D eigenvalue weighted by atomic mass is 9.85. The van der Waals surface area contributed by atoms with Gasteiger partial charge in [-0.3, -0.25) is 14.6 Å². The van der Waals surface area contributed by atoms with Gasteiger partial charge in [0.25, 0.3) is 0 Å². The maximum atomic E-state index is 13.0. The Morgan fingerprint density at radius 1 is 0.786 bits per heavy atom. The molecule has 0 spiro atoms. The monoisotopic (exact) mass is 387 g/mol. The Morgan fingerprint density at radius 3 is 2.36 bits per heavy atom. The lowest BCUT2D eigenvalue weighted by molar-refractivity contribution is 0.0991. The number of aromatic nitrogens is 1. The molecule has 0 aliphatic heterocycles. The van der Waals surface area contributed by atoms with Crippen molar-refractivity contribution >= 4 is 27.0 Å². The Hall–Kier alpha value is -3.38. The predicted octanol–water partition coefficient (Wildman–Crippen LogP) is 3.30. The van der Waals surface area contributed by atoms with E-state index >= 15 is 0 Å². The van der Waals surface area contributed by atoms with Crippen LogP contribution in [0.15, 0.2) is 82.4 Å². The van der Waals surface area contributed by atoms with Crippen LogP contribution in [0.5, 0.6) is 0 Å². The summed E-state index contributed by atoms with van der Waals surface area (Å²) in [6.07, 6.45) is 3.20. The molecule has 5 nitrogen and oxygen atoms in total. The Labute approximate surface area is 161 Å². The van der Waals surface area contributed by atoms with Crippen LogP contribution in [0.1, 0.15) is 31.8 Å². The second-order valence-corrected chi connectivity index (χ2v) is 8.69. The minimum Gasteiger partial charge on any atom is -0.289 e. The van der Waals surface area contributed by atoms with Gasteiger partial charge in [-0.15, -0.1) is 0 Å². The minimum absolute atomic E-state index is 0.100. The first-order chi connectivity index (χ1) is 13.5. The van der Waals surface area contributed by atoms with Gasteiger partial charge in [0.1, 0.15) is 0 Å². The molecule has 1 heterocycles. The van der Waals surface area contributed by atoms with Crippen molar-refractivity contribution in [3.8, 4) is 0 Å². The first kappa shape index (κ1) is 16.8.